The molecule has 0 radical (unpaired) electrons. The highest BCUT2D eigenvalue weighted by atomic mass is 19.1. The van der Waals surface area contributed by atoms with Crippen molar-refractivity contribution in [2.24, 2.45) is 17.3 Å². The Balaban J connectivity index is 1.85. The van der Waals surface area contributed by atoms with E-state index in [1.54, 1.807) is 20.8 Å². The van der Waals surface area contributed by atoms with Gasteiger partial charge in [-0.25, -0.2) is 13.6 Å². The largest absolute Gasteiger partial charge is 0.480 e. The van der Waals surface area contributed by atoms with Gasteiger partial charge in [-0.15, -0.1) is 0 Å². The number of nitrogens with zero attached hydrogens (tertiary/aromatic N) is 2. The van der Waals surface area contributed by atoms with E-state index in [0.29, 0.717) is 18.9 Å². The van der Waals surface area contributed by atoms with Gasteiger partial charge in [0, 0.05) is 18.7 Å². The van der Waals surface area contributed by atoms with Crippen LogP contribution < -0.4 is 5.32 Å². The Bertz CT molecular complexity index is 1360. The van der Waals surface area contributed by atoms with Crippen LogP contribution in [-0.4, -0.2) is 63.8 Å². The van der Waals surface area contributed by atoms with E-state index < -0.39 is 64.9 Å². The van der Waals surface area contributed by atoms with Crippen LogP contribution >= 0.6 is 0 Å². The Morgan fingerprint density at radius 2 is 1.67 bits per heavy atom. The summed E-state index contributed by atoms with van der Waals surface area (Å²) in [6.07, 6.45) is 1.24. The van der Waals surface area contributed by atoms with Crippen molar-refractivity contribution in [3.63, 3.8) is 0 Å². The van der Waals surface area contributed by atoms with Crippen LogP contribution in [-0.2, 0) is 32.0 Å². The predicted molar refractivity (Wildman–Crippen MR) is 152 cm³/mol. The number of carbonyl (C=O) groups excluding carboxylic acids is 3. The summed E-state index contributed by atoms with van der Waals surface area (Å²) in [7, 11) is 1.29. The quantitative estimate of drug-likeness (QED) is 0.486. The van der Waals surface area contributed by atoms with Gasteiger partial charge in [0.15, 0.2) is 0 Å². The molecule has 42 heavy (non-hydrogen) atoms. The van der Waals surface area contributed by atoms with Crippen molar-refractivity contribution in [2.75, 3.05) is 7.05 Å². The van der Waals surface area contributed by atoms with E-state index >= 15 is 4.39 Å². The zero-order valence-corrected chi connectivity index (χ0v) is 24.9. The van der Waals surface area contributed by atoms with Crippen LogP contribution in [0.4, 0.5) is 8.78 Å². The molecular formula is C32H39F2N3O5. The van der Waals surface area contributed by atoms with Crippen LogP contribution in [0.15, 0.2) is 42.5 Å². The second-order valence-electron chi connectivity index (χ2n) is 12.9. The van der Waals surface area contributed by atoms with E-state index in [9.17, 15) is 28.7 Å². The SMILES string of the molecule is CC(C)C[C@@H]1C(=O)N[C@H](C2Cc3ccccc3C2)C(=O)N1[C@@H](C(=O)N(C)C(C(=O)O)C(C)(C)C)c1ccc(F)cc1F. The molecule has 0 aromatic heterocycles. The van der Waals surface area contributed by atoms with Gasteiger partial charge in [0.2, 0.25) is 11.8 Å². The number of piperazine rings is 1. The number of nitrogens with one attached hydrogen (secondary N) is 1. The fourth-order valence-corrected chi connectivity index (χ4v) is 6.44. The van der Waals surface area contributed by atoms with Gasteiger partial charge in [-0.05, 0) is 53.7 Å². The molecule has 2 N–H and O–H groups in total. The first-order chi connectivity index (χ1) is 19.6. The van der Waals surface area contributed by atoms with Crippen molar-refractivity contribution < 1.29 is 33.1 Å². The van der Waals surface area contributed by atoms with Gasteiger partial charge in [0.1, 0.15) is 35.8 Å². The minimum atomic E-state index is -1.70. The molecule has 4 atom stereocenters. The van der Waals surface area contributed by atoms with Crippen molar-refractivity contribution >= 4 is 23.7 Å². The Labute approximate surface area is 245 Å². The maximum atomic E-state index is 15.5. The van der Waals surface area contributed by atoms with Crippen molar-refractivity contribution in [1.29, 1.82) is 0 Å². The lowest BCUT2D eigenvalue weighted by molar-refractivity contribution is -0.164. The summed E-state index contributed by atoms with van der Waals surface area (Å²) in [5, 5.41) is 12.9. The molecular weight excluding hydrogens is 544 g/mol. The molecule has 3 amide bonds. The number of carbonyl (C=O) groups is 4. The van der Waals surface area contributed by atoms with Crippen molar-refractivity contribution in [3.05, 3.63) is 70.8 Å². The third kappa shape index (κ3) is 6.03. The zero-order chi connectivity index (χ0) is 31.1. The number of hydrogen-bond acceptors (Lipinski definition) is 4. The zero-order valence-electron chi connectivity index (χ0n) is 24.9. The third-order valence-corrected chi connectivity index (χ3v) is 8.26. The molecule has 0 bridgehead atoms. The smallest absolute Gasteiger partial charge is 0.326 e. The lowest BCUT2D eigenvalue weighted by Gasteiger charge is -2.46. The normalized spacial score (nSPS) is 20.7. The fraction of sp³-hybridized carbons (Fsp3) is 0.500. The Hall–Kier alpha value is -3.82. The standard InChI is InChI=1S/C32H39F2N3O5/c1-17(2)13-24-28(38)35-25(20-14-18-9-7-8-10-19(18)15-20)29(39)37(24)26(22-12-11-21(33)16-23(22)34)30(40)36(6)27(31(41)42)32(3,4)5/h7-12,16-17,20,24-27H,13-15H2,1-6H3,(H,35,38)(H,41,42)/t24-,25-,26-,27?/m1/s1. The van der Waals surface area contributed by atoms with Gasteiger partial charge in [0.25, 0.3) is 5.91 Å². The van der Waals surface area contributed by atoms with Crippen molar-refractivity contribution in [2.45, 2.75) is 78.0 Å². The summed E-state index contributed by atoms with van der Waals surface area (Å²) >= 11 is 0. The van der Waals surface area contributed by atoms with Crippen LogP contribution in [0.3, 0.4) is 0 Å². The number of likely N-dealkylation sites (N-methyl/N-ethyl adjacent to an activating group) is 1. The van der Waals surface area contributed by atoms with Gasteiger partial charge in [-0.1, -0.05) is 65.0 Å². The highest BCUT2D eigenvalue weighted by Gasteiger charge is 2.51. The molecule has 1 aliphatic carbocycles. The summed E-state index contributed by atoms with van der Waals surface area (Å²) < 4.78 is 29.5. The summed E-state index contributed by atoms with van der Waals surface area (Å²) in [5.74, 6) is -5.53. The van der Waals surface area contributed by atoms with E-state index in [2.05, 4.69) is 5.32 Å². The summed E-state index contributed by atoms with van der Waals surface area (Å²) in [5.41, 5.74) is 0.885. The average molecular weight is 584 g/mol. The fourth-order valence-electron chi connectivity index (χ4n) is 6.44. The molecule has 1 unspecified atom stereocenters. The molecule has 1 saturated heterocycles. The van der Waals surface area contributed by atoms with E-state index in [1.165, 1.54) is 7.05 Å². The van der Waals surface area contributed by atoms with E-state index in [-0.39, 0.29) is 23.8 Å². The lowest BCUT2D eigenvalue weighted by atomic mass is 9.84. The molecule has 0 saturated carbocycles. The van der Waals surface area contributed by atoms with E-state index in [4.69, 9.17) is 0 Å². The number of hydrogen-bond donors (Lipinski definition) is 2. The number of rotatable bonds is 8. The molecule has 4 rings (SSSR count). The van der Waals surface area contributed by atoms with Crippen molar-refractivity contribution in [3.8, 4) is 0 Å². The van der Waals surface area contributed by atoms with Gasteiger partial charge < -0.3 is 20.2 Å². The Kier molecular flexibility index (Phi) is 8.76. The van der Waals surface area contributed by atoms with Crippen LogP contribution in [0.5, 0.6) is 0 Å². The van der Waals surface area contributed by atoms with Crippen LogP contribution in [0.2, 0.25) is 0 Å². The molecule has 2 aromatic rings. The summed E-state index contributed by atoms with van der Waals surface area (Å²) in [6, 6.07) is 5.26. The second kappa shape index (κ2) is 11.8. The number of carboxylic acid groups (broad SMARTS) is 1. The first-order valence-electron chi connectivity index (χ1n) is 14.3. The number of aliphatic carboxylic acids is 1. The lowest BCUT2D eigenvalue weighted by Crippen LogP contribution is -2.67. The number of amides is 3. The number of fused-ring (bicyclic) bond motifs is 1. The van der Waals surface area contributed by atoms with Crippen molar-refractivity contribution in [1.82, 2.24) is 15.1 Å². The molecule has 226 valence electrons. The summed E-state index contributed by atoms with van der Waals surface area (Å²) in [6.45, 7) is 8.67. The molecule has 10 heteroatoms. The van der Waals surface area contributed by atoms with Gasteiger partial charge >= 0.3 is 5.97 Å². The third-order valence-electron chi connectivity index (χ3n) is 8.26. The maximum Gasteiger partial charge on any atom is 0.326 e. The summed E-state index contributed by atoms with van der Waals surface area (Å²) in [4.78, 5) is 57.0. The number of benzene rings is 2. The molecule has 2 aromatic carbocycles. The molecule has 8 nitrogen and oxygen atoms in total. The monoisotopic (exact) mass is 583 g/mol. The van der Waals surface area contributed by atoms with E-state index in [0.717, 1.165) is 33.1 Å². The minimum absolute atomic E-state index is 0.0868. The topological polar surface area (TPSA) is 107 Å². The van der Waals surface area contributed by atoms with E-state index in [1.807, 2.05) is 38.1 Å². The number of halogens is 2. The molecule has 2 aliphatic rings. The minimum Gasteiger partial charge on any atom is -0.480 e. The van der Waals surface area contributed by atoms with Crippen LogP contribution in [0, 0.1) is 28.9 Å². The molecule has 0 spiro atoms. The first kappa shape index (κ1) is 31.1. The number of carboxylic acids is 1. The molecule has 1 heterocycles. The van der Waals surface area contributed by atoms with Crippen LogP contribution in [0.25, 0.3) is 0 Å². The second-order valence-corrected chi connectivity index (χ2v) is 12.9. The maximum absolute atomic E-state index is 15.5. The average Bonchev–Trinajstić information content (AvgIpc) is 3.31. The molecule has 1 fully saturated rings. The Morgan fingerprint density at radius 3 is 2.17 bits per heavy atom. The Morgan fingerprint density at radius 1 is 1.07 bits per heavy atom. The highest BCUT2D eigenvalue weighted by Crippen LogP contribution is 2.37. The van der Waals surface area contributed by atoms with Crippen LogP contribution in [0.1, 0.15) is 63.8 Å². The van der Waals surface area contributed by atoms with Gasteiger partial charge in [-0.3, -0.25) is 14.4 Å². The highest BCUT2D eigenvalue weighted by molar-refractivity contribution is 6.01. The predicted octanol–water partition coefficient (Wildman–Crippen LogP) is 4.12. The molecule has 1 aliphatic heterocycles. The van der Waals surface area contributed by atoms with Gasteiger partial charge in [-0.2, -0.15) is 0 Å². The first-order valence-corrected chi connectivity index (χ1v) is 14.3. The van der Waals surface area contributed by atoms with Gasteiger partial charge in [0.05, 0.1) is 0 Å².